The lowest BCUT2D eigenvalue weighted by Crippen LogP contribution is -2.24. The van der Waals surface area contributed by atoms with Crippen molar-refractivity contribution in [1.82, 2.24) is 9.55 Å². The number of fused-ring (bicyclic) bond motifs is 1. The van der Waals surface area contributed by atoms with Crippen molar-refractivity contribution >= 4 is 44.9 Å². The number of nitrogens with zero attached hydrogens (tertiary/aromatic N) is 2. The zero-order valence-corrected chi connectivity index (χ0v) is 19.1. The number of thiophene rings is 1. The number of benzene rings is 1. The number of aromatic nitrogens is 2. The summed E-state index contributed by atoms with van der Waals surface area (Å²) in [7, 11) is 3.10. The van der Waals surface area contributed by atoms with Crippen LogP contribution in [0, 0.1) is 5.92 Å². The molecule has 1 amide bonds. The highest BCUT2D eigenvalue weighted by molar-refractivity contribution is 7.99. The second-order valence-electron chi connectivity index (χ2n) is 7.07. The number of thioether (sulfide) groups is 1. The summed E-state index contributed by atoms with van der Waals surface area (Å²) in [5.41, 5.74) is 1.15. The summed E-state index contributed by atoms with van der Waals surface area (Å²) >= 11 is 2.65. The number of hydrogen-bond donors (Lipinski definition) is 1. The molecule has 2 heterocycles. The van der Waals surface area contributed by atoms with Gasteiger partial charge in [0.05, 0.1) is 31.2 Å². The maximum Gasteiger partial charge on any atom is 0.272 e. The van der Waals surface area contributed by atoms with Crippen molar-refractivity contribution in [3.05, 3.63) is 40.0 Å². The minimum absolute atomic E-state index is 0.0481. The van der Waals surface area contributed by atoms with E-state index in [1.165, 1.54) is 23.1 Å². The molecule has 0 saturated carbocycles. The van der Waals surface area contributed by atoms with E-state index in [4.69, 9.17) is 9.47 Å². The molecule has 2 aromatic heterocycles. The molecule has 0 bridgehead atoms. The summed E-state index contributed by atoms with van der Waals surface area (Å²) in [6.45, 7) is 4.80. The van der Waals surface area contributed by atoms with Crippen LogP contribution in [0.2, 0.25) is 0 Å². The number of anilines is 1. The lowest BCUT2D eigenvalue weighted by Gasteiger charge is -2.14. The largest absolute Gasteiger partial charge is 0.497 e. The number of carbonyl (C=O) groups excluding carboxylic acids is 1. The van der Waals surface area contributed by atoms with Gasteiger partial charge in [0, 0.05) is 12.6 Å². The van der Waals surface area contributed by atoms with Crippen LogP contribution in [0.3, 0.4) is 0 Å². The maximum atomic E-state index is 12.9. The van der Waals surface area contributed by atoms with Crippen LogP contribution >= 0.6 is 23.1 Å². The molecule has 30 heavy (non-hydrogen) atoms. The Morgan fingerprint density at radius 1 is 1.27 bits per heavy atom. The molecule has 9 heteroatoms. The van der Waals surface area contributed by atoms with Crippen LogP contribution in [0.1, 0.15) is 20.3 Å². The zero-order chi connectivity index (χ0) is 21.7. The van der Waals surface area contributed by atoms with Gasteiger partial charge in [0.15, 0.2) is 5.16 Å². The highest BCUT2D eigenvalue weighted by Crippen LogP contribution is 2.29. The molecule has 3 aromatic rings. The van der Waals surface area contributed by atoms with E-state index in [0.29, 0.717) is 45.0 Å². The fourth-order valence-electron chi connectivity index (χ4n) is 2.85. The number of nitrogens with one attached hydrogen (secondary N) is 1. The molecule has 1 aromatic carbocycles. The number of amides is 1. The Kier molecular flexibility index (Phi) is 7.38. The Labute approximate surface area is 183 Å². The molecule has 0 spiro atoms. The van der Waals surface area contributed by atoms with Crippen molar-refractivity contribution in [2.75, 3.05) is 25.3 Å². The predicted octanol–water partition coefficient (Wildman–Crippen LogP) is 4.25. The average Bonchev–Trinajstić information content (AvgIpc) is 3.20. The number of hydrogen-bond acceptors (Lipinski definition) is 7. The second-order valence-corrected chi connectivity index (χ2v) is 8.93. The first-order valence-electron chi connectivity index (χ1n) is 9.55. The molecule has 0 aliphatic heterocycles. The predicted molar refractivity (Wildman–Crippen MR) is 122 cm³/mol. The molecule has 0 saturated heterocycles. The lowest BCUT2D eigenvalue weighted by molar-refractivity contribution is -0.113. The van der Waals surface area contributed by atoms with Crippen molar-refractivity contribution in [1.29, 1.82) is 0 Å². The van der Waals surface area contributed by atoms with E-state index in [1.807, 2.05) is 11.4 Å². The van der Waals surface area contributed by atoms with Gasteiger partial charge in [-0.3, -0.25) is 14.2 Å². The van der Waals surface area contributed by atoms with Gasteiger partial charge in [-0.15, -0.1) is 11.3 Å². The molecule has 0 aliphatic rings. The Morgan fingerprint density at radius 2 is 2.07 bits per heavy atom. The molecular formula is C21H25N3O4S2. The third-order valence-corrected chi connectivity index (χ3v) is 6.34. The van der Waals surface area contributed by atoms with Crippen LogP contribution in [-0.4, -0.2) is 35.4 Å². The third kappa shape index (κ3) is 5.14. The number of methoxy groups -OCH3 is 2. The monoisotopic (exact) mass is 447 g/mol. The van der Waals surface area contributed by atoms with Gasteiger partial charge in [-0.05, 0) is 35.9 Å². The zero-order valence-electron chi connectivity index (χ0n) is 17.4. The fourth-order valence-corrected chi connectivity index (χ4v) is 4.45. The molecule has 0 atom stereocenters. The van der Waals surface area contributed by atoms with E-state index in [0.717, 1.165) is 6.42 Å². The fraction of sp³-hybridized carbons (Fsp3) is 0.381. The smallest absolute Gasteiger partial charge is 0.272 e. The summed E-state index contributed by atoms with van der Waals surface area (Å²) < 4.78 is 12.8. The minimum atomic E-state index is -0.221. The van der Waals surface area contributed by atoms with Gasteiger partial charge in [0.2, 0.25) is 5.91 Å². The summed E-state index contributed by atoms with van der Waals surface area (Å²) in [4.78, 5) is 30.1. The van der Waals surface area contributed by atoms with Crippen LogP contribution in [0.4, 0.5) is 5.69 Å². The highest BCUT2D eigenvalue weighted by Gasteiger charge is 2.15. The van der Waals surface area contributed by atoms with Gasteiger partial charge in [0.1, 0.15) is 16.2 Å². The van der Waals surface area contributed by atoms with E-state index >= 15 is 0 Å². The van der Waals surface area contributed by atoms with E-state index in [2.05, 4.69) is 24.1 Å². The molecule has 0 unspecified atom stereocenters. The van der Waals surface area contributed by atoms with Crippen molar-refractivity contribution < 1.29 is 14.3 Å². The van der Waals surface area contributed by atoms with Crippen molar-refractivity contribution in [2.24, 2.45) is 5.92 Å². The van der Waals surface area contributed by atoms with Gasteiger partial charge in [-0.1, -0.05) is 25.6 Å². The molecule has 0 radical (unpaired) electrons. The van der Waals surface area contributed by atoms with Crippen LogP contribution < -0.4 is 20.3 Å². The van der Waals surface area contributed by atoms with E-state index < -0.39 is 0 Å². The highest BCUT2D eigenvalue weighted by atomic mass is 32.2. The maximum absolute atomic E-state index is 12.9. The summed E-state index contributed by atoms with van der Waals surface area (Å²) in [5.74, 6) is 1.51. The standard InChI is InChI=1S/C21H25N3O4S2/c1-13(2)7-9-24-20(26)19-15(8-10-29-19)23-21(24)30-12-18(25)22-16-11-14(27-3)5-6-17(16)28-4/h5-6,8,10-11,13H,7,9,12H2,1-4H3,(H,22,25). The molecule has 160 valence electrons. The molecule has 3 rings (SSSR count). The Hall–Kier alpha value is -2.52. The summed E-state index contributed by atoms with van der Waals surface area (Å²) in [5, 5.41) is 5.26. The van der Waals surface area contributed by atoms with E-state index in [9.17, 15) is 9.59 Å². The number of ether oxygens (including phenoxy) is 2. The molecule has 0 aliphatic carbocycles. The average molecular weight is 448 g/mol. The van der Waals surface area contributed by atoms with Crippen LogP contribution in [0.15, 0.2) is 39.6 Å². The van der Waals surface area contributed by atoms with Crippen molar-refractivity contribution in [2.45, 2.75) is 32.0 Å². The van der Waals surface area contributed by atoms with Crippen LogP contribution in [-0.2, 0) is 11.3 Å². The van der Waals surface area contributed by atoms with Crippen molar-refractivity contribution in [3.8, 4) is 11.5 Å². The normalized spacial score (nSPS) is 11.1. The number of carbonyl (C=O) groups is 1. The lowest BCUT2D eigenvalue weighted by atomic mass is 10.1. The summed E-state index contributed by atoms with van der Waals surface area (Å²) in [6.07, 6.45) is 0.860. The molecular weight excluding hydrogens is 422 g/mol. The topological polar surface area (TPSA) is 82.5 Å². The van der Waals surface area contributed by atoms with E-state index in [1.54, 1.807) is 37.0 Å². The third-order valence-electron chi connectivity index (χ3n) is 4.47. The van der Waals surface area contributed by atoms with E-state index in [-0.39, 0.29) is 17.2 Å². The van der Waals surface area contributed by atoms with Crippen LogP contribution in [0.25, 0.3) is 10.2 Å². The molecule has 0 fully saturated rings. The molecule has 1 N–H and O–H groups in total. The number of rotatable bonds is 9. The SMILES string of the molecule is COc1ccc(OC)c(NC(=O)CSc2nc3ccsc3c(=O)n2CCC(C)C)c1. The Balaban J connectivity index is 1.78. The van der Waals surface area contributed by atoms with Crippen LogP contribution in [0.5, 0.6) is 11.5 Å². The van der Waals surface area contributed by atoms with Gasteiger partial charge in [-0.25, -0.2) is 4.98 Å². The first-order chi connectivity index (χ1) is 14.4. The molecule has 7 nitrogen and oxygen atoms in total. The Bertz CT molecular complexity index is 1090. The first kappa shape index (κ1) is 22.2. The van der Waals surface area contributed by atoms with Gasteiger partial charge in [0.25, 0.3) is 5.56 Å². The van der Waals surface area contributed by atoms with Crippen molar-refractivity contribution in [3.63, 3.8) is 0 Å². The minimum Gasteiger partial charge on any atom is -0.497 e. The Morgan fingerprint density at radius 3 is 2.77 bits per heavy atom. The van der Waals surface area contributed by atoms with Gasteiger partial charge in [-0.2, -0.15) is 0 Å². The van der Waals surface area contributed by atoms with Gasteiger partial charge < -0.3 is 14.8 Å². The van der Waals surface area contributed by atoms with Gasteiger partial charge >= 0.3 is 0 Å². The second kappa shape index (κ2) is 9.99. The first-order valence-corrected chi connectivity index (χ1v) is 11.4. The quantitative estimate of drug-likeness (QED) is 0.390. The summed E-state index contributed by atoms with van der Waals surface area (Å²) in [6, 6.07) is 7.03.